The van der Waals surface area contributed by atoms with Gasteiger partial charge in [0.1, 0.15) is 5.68 Å². The van der Waals surface area contributed by atoms with Crippen LogP contribution in [0.3, 0.4) is 0 Å². The Morgan fingerprint density at radius 3 is 2.50 bits per heavy atom. The molecule has 8 heavy (non-hydrogen) atoms. The van der Waals surface area contributed by atoms with Gasteiger partial charge in [-0.3, -0.25) is 0 Å². The fourth-order valence-electron chi connectivity index (χ4n) is 0.365. The zero-order valence-corrected chi connectivity index (χ0v) is 5.35. The molecule has 0 aliphatic heterocycles. The van der Waals surface area contributed by atoms with Gasteiger partial charge in [0.05, 0.1) is 0 Å². The summed E-state index contributed by atoms with van der Waals surface area (Å²) < 4.78 is 0. The van der Waals surface area contributed by atoms with E-state index in [1.54, 1.807) is 0 Å². The third-order valence-corrected chi connectivity index (χ3v) is 1.26. The van der Waals surface area contributed by atoms with Gasteiger partial charge in [0.15, 0.2) is 0 Å². The van der Waals surface area contributed by atoms with Crippen LogP contribution in [-0.2, 0) is 4.79 Å². The second-order valence-electron chi connectivity index (χ2n) is 1.88. The van der Waals surface area contributed by atoms with Crippen LogP contribution in [0.2, 0.25) is 0 Å². The fraction of sp³-hybridized carbons (Fsp3) is 0.800. The van der Waals surface area contributed by atoms with Gasteiger partial charge in [-0.25, -0.2) is 0 Å². The Labute approximate surface area is 50.7 Å². The monoisotopic (exact) mass is 112 g/mol. The molecular formula is C5H11BNO. The summed E-state index contributed by atoms with van der Waals surface area (Å²) in [5.41, 5.74) is 5.01. The molecule has 0 spiro atoms. The summed E-state index contributed by atoms with van der Waals surface area (Å²) in [6.07, 6.45) is 0.868. The van der Waals surface area contributed by atoms with E-state index in [0.29, 0.717) is 0 Å². The molecule has 0 fully saturated rings. The van der Waals surface area contributed by atoms with E-state index >= 15 is 0 Å². The van der Waals surface area contributed by atoms with Crippen molar-refractivity contribution in [2.75, 3.05) is 0 Å². The molecule has 3 heteroatoms. The number of carbonyl (C=O) groups excluding carboxylic acids is 1. The van der Waals surface area contributed by atoms with E-state index in [-0.39, 0.29) is 11.6 Å². The average molecular weight is 112 g/mol. The lowest BCUT2D eigenvalue weighted by Gasteiger charge is -2.01. The standard InChI is InChI=1S/C5H11BNO/c1-3-4(2)5(8)6-7/h4H,3,7H2,1-2H3. The van der Waals surface area contributed by atoms with Gasteiger partial charge in [-0.1, -0.05) is 13.8 Å². The zero-order chi connectivity index (χ0) is 6.57. The molecule has 0 aromatic rings. The normalized spacial score (nSPS) is 12.9. The predicted molar refractivity (Wildman–Crippen MR) is 34.4 cm³/mol. The van der Waals surface area contributed by atoms with Crippen LogP contribution >= 0.6 is 0 Å². The van der Waals surface area contributed by atoms with Gasteiger partial charge in [0.25, 0.3) is 7.41 Å². The summed E-state index contributed by atoms with van der Waals surface area (Å²) in [5, 5.41) is 0. The highest BCUT2D eigenvalue weighted by molar-refractivity contribution is 6.71. The second kappa shape index (κ2) is 3.67. The van der Waals surface area contributed by atoms with Crippen molar-refractivity contribution in [1.29, 1.82) is 0 Å². The molecule has 0 aromatic carbocycles. The predicted octanol–water partition coefficient (Wildman–Crippen LogP) is 0.137. The molecule has 0 heterocycles. The Kier molecular flexibility index (Phi) is 3.53. The first-order valence-electron chi connectivity index (χ1n) is 2.81. The molecule has 0 aliphatic rings. The van der Waals surface area contributed by atoms with Gasteiger partial charge in [0, 0.05) is 5.92 Å². The number of carbonyl (C=O) groups is 1. The van der Waals surface area contributed by atoms with Crippen LogP contribution < -0.4 is 5.64 Å². The van der Waals surface area contributed by atoms with Crippen molar-refractivity contribution >= 4 is 13.1 Å². The van der Waals surface area contributed by atoms with E-state index in [9.17, 15) is 4.79 Å². The third-order valence-electron chi connectivity index (χ3n) is 1.26. The quantitative estimate of drug-likeness (QED) is 0.527. The molecule has 0 bridgehead atoms. The fourth-order valence-corrected chi connectivity index (χ4v) is 0.365. The number of rotatable bonds is 3. The van der Waals surface area contributed by atoms with Crippen molar-refractivity contribution in [3.05, 3.63) is 0 Å². The summed E-state index contributed by atoms with van der Waals surface area (Å²) in [6, 6.07) is 0. The van der Waals surface area contributed by atoms with Gasteiger partial charge in [-0.05, 0) is 6.42 Å². The average Bonchev–Trinajstić information content (AvgIpc) is 1.84. The third kappa shape index (κ3) is 2.12. The molecule has 0 amide bonds. The smallest absolute Gasteiger partial charge is 0.292 e. The Balaban J connectivity index is 3.46. The number of hydrogen-bond donors (Lipinski definition) is 1. The van der Waals surface area contributed by atoms with Gasteiger partial charge in [-0.15, -0.1) is 0 Å². The Morgan fingerprint density at radius 2 is 2.38 bits per heavy atom. The highest BCUT2D eigenvalue weighted by atomic mass is 16.1. The lowest BCUT2D eigenvalue weighted by molar-refractivity contribution is -0.115. The minimum atomic E-state index is 0.0347. The molecule has 2 N–H and O–H groups in total. The maximum absolute atomic E-state index is 10.6. The van der Waals surface area contributed by atoms with E-state index in [1.165, 1.54) is 0 Å². The number of hydrogen-bond acceptors (Lipinski definition) is 2. The van der Waals surface area contributed by atoms with Crippen LogP contribution in [0.4, 0.5) is 0 Å². The lowest BCUT2D eigenvalue weighted by atomic mass is 9.80. The maximum atomic E-state index is 10.6. The van der Waals surface area contributed by atoms with E-state index < -0.39 is 0 Å². The summed E-state index contributed by atoms with van der Waals surface area (Å²) in [6.45, 7) is 3.83. The van der Waals surface area contributed by atoms with Crippen molar-refractivity contribution in [2.45, 2.75) is 20.3 Å². The summed E-state index contributed by atoms with van der Waals surface area (Å²) in [5.74, 6) is 0.0972. The summed E-state index contributed by atoms with van der Waals surface area (Å²) in [4.78, 5) is 10.6. The van der Waals surface area contributed by atoms with Crippen molar-refractivity contribution in [1.82, 2.24) is 0 Å². The largest absolute Gasteiger partial charge is 0.367 e. The highest BCUT2D eigenvalue weighted by Gasteiger charge is 2.07. The molecule has 45 valence electrons. The topological polar surface area (TPSA) is 43.1 Å². The first-order chi connectivity index (χ1) is 3.72. The van der Waals surface area contributed by atoms with Crippen molar-refractivity contribution < 1.29 is 4.79 Å². The van der Waals surface area contributed by atoms with Crippen LogP contribution in [0.15, 0.2) is 0 Å². The van der Waals surface area contributed by atoms with E-state index in [1.807, 2.05) is 13.8 Å². The Hall–Kier alpha value is -0.305. The van der Waals surface area contributed by atoms with Crippen LogP contribution in [0.1, 0.15) is 20.3 Å². The molecule has 1 unspecified atom stereocenters. The first kappa shape index (κ1) is 7.69. The Morgan fingerprint density at radius 1 is 1.88 bits per heavy atom. The van der Waals surface area contributed by atoms with E-state index in [4.69, 9.17) is 5.64 Å². The highest BCUT2D eigenvalue weighted by Crippen LogP contribution is 1.98. The molecule has 0 saturated heterocycles. The van der Waals surface area contributed by atoms with Crippen LogP contribution in [-0.4, -0.2) is 13.1 Å². The van der Waals surface area contributed by atoms with Gasteiger partial charge < -0.3 is 10.4 Å². The molecule has 0 aliphatic carbocycles. The molecule has 2 nitrogen and oxygen atoms in total. The van der Waals surface area contributed by atoms with Crippen molar-refractivity contribution in [3.8, 4) is 0 Å². The van der Waals surface area contributed by atoms with Gasteiger partial charge >= 0.3 is 0 Å². The minimum absolute atomic E-state index is 0.0347. The Bertz CT molecular complexity index is 84.5. The molecule has 0 saturated carbocycles. The number of nitrogens with two attached hydrogens (primary N) is 1. The van der Waals surface area contributed by atoms with Crippen LogP contribution in [0.25, 0.3) is 0 Å². The van der Waals surface area contributed by atoms with E-state index in [0.717, 1.165) is 13.8 Å². The lowest BCUT2D eigenvalue weighted by Crippen LogP contribution is -2.24. The molecule has 0 rings (SSSR count). The summed E-state index contributed by atoms with van der Waals surface area (Å²) >= 11 is 0. The van der Waals surface area contributed by atoms with Gasteiger partial charge in [0.2, 0.25) is 0 Å². The molecule has 0 aromatic heterocycles. The van der Waals surface area contributed by atoms with Crippen LogP contribution in [0, 0.1) is 5.92 Å². The van der Waals surface area contributed by atoms with Gasteiger partial charge in [-0.2, -0.15) is 0 Å². The van der Waals surface area contributed by atoms with E-state index in [2.05, 4.69) is 0 Å². The second-order valence-corrected chi connectivity index (χ2v) is 1.88. The molecule has 1 radical (unpaired) electrons. The SMILES string of the molecule is CCC(C)C(=O)[B]N. The first-order valence-corrected chi connectivity index (χ1v) is 2.81. The van der Waals surface area contributed by atoms with Crippen LogP contribution in [0.5, 0.6) is 0 Å². The van der Waals surface area contributed by atoms with Crippen molar-refractivity contribution in [2.24, 2.45) is 11.6 Å². The maximum Gasteiger partial charge on any atom is 0.292 e. The molecule has 1 atom stereocenters. The molecular weight excluding hydrogens is 101 g/mol. The zero-order valence-electron chi connectivity index (χ0n) is 5.35. The minimum Gasteiger partial charge on any atom is -0.367 e. The summed E-state index contributed by atoms with van der Waals surface area (Å²) in [7, 11) is 1.13. The van der Waals surface area contributed by atoms with Crippen molar-refractivity contribution in [3.63, 3.8) is 0 Å².